The normalized spacial score (nSPS) is 14.8. The molecule has 1 rings (SSSR count). The van der Waals surface area contributed by atoms with Crippen LogP contribution in [0.5, 0.6) is 0 Å². The number of aliphatic hydroxyl groups is 1. The van der Waals surface area contributed by atoms with Crippen molar-refractivity contribution in [2.45, 2.75) is 25.1 Å². The number of halogens is 3. The van der Waals surface area contributed by atoms with E-state index in [1.807, 2.05) is 0 Å². The molecule has 0 aliphatic carbocycles. The summed E-state index contributed by atoms with van der Waals surface area (Å²) in [6.07, 6.45) is -6.07. The standard InChI is InChI=1S/C12H13F3O3S/c1-3-18-10(16)11(17,12(13,14)15)7-8(2)9-5-4-6-19-9/h4-6,17H,2-3,7H2,1H3. The zero-order valence-corrected chi connectivity index (χ0v) is 11.0. The van der Waals surface area contributed by atoms with E-state index in [2.05, 4.69) is 11.3 Å². The summed E-state index contributed by atoms with van der Waals surface area (Å²) in [5.41, 5.74) is -3.53. The summed E-state index contributed by atoms with van der Waals surface area (Å²) in [4.78, 5) is 11.9. The third kappa shape index (κ3) is 3.36. The lowest BCUT2D eigenvalue weighted by atomic mass is 9.93. The third-order valence-electron chi connectivity index (χ3n) is 2.42. The molecule has 0 aliphatic heterocycles. The van der Waals surface area contributed by atoms with Crippen LogP contribution >= 0.6 is 11.3 Å². The van der Waals surface area contributed by atoms with Gasteiger partial charge in [-0.1, -0.05) is 12.6 Å². The zero-order valence-electron chi connectivity index (χ0n) is 10.2. The van der Waals surface area contributed by atoms with Crippen molar-refractivity contribution < 1.29 is 27.8 Å². The number of ether oxygens (including phenoxy) is 1. The molecule has 0 saturated carbocycles. The van der Waals surface area contributed by atoms with Gasteiger partial charge in [-0.3, -0.25) is 0 Å². The molecule has 0 aromatic carbocycles. The van der Waals surface area contributed by atoms with Crippen molar-refractivity contribution in [3.05, 3.63) is 29.0 Å². The van der Waals surface area contributed by atoms with Gasteiger partial charge in [-0.05, 0) is 23.9 Å². The van der Waals surface area contributed by atoms with Gasteiger partial charge in [-0.25, -0.2) is 4.79 Å². The molecule has 19 heavy (non-hydrogen) atoms. The highest BCUT2D eigenvalue weighted by Gasteiger charge is 2.60. The van der Waals surface area contributed by atoms with E-state index in [-0.39, 0.29) is 12.2 Å². The van der Waals surface area contributed by atoms with Crippen LogP contribution in [0.15, 0.2) is 24.1 Å². The van der Waals surface area contributed by atoms with Crippen molar-refractivity contribution in [3.8, 4) is 0 Å². The smallest absolute Gasteiger partial charge is 0.428 e. The molecule has 1 atom stereocenters. The molecule has 0 saturated heterocycles. The van der Waals surface area contributed by atoms with Crippen LogP contribution < -0.4 is 0 Å². The Labute approximate surface area is 112 Å². The van der Waals surface area contributed by atoms with Crippen LogP contribution in [0.1, 0.15) is 18.2 Å². The van der Waals surface area contributed by atoms with Crippen LogP contribution in [-0.4, -0.2) is 29.5 Å². The quantitative estimate of drug-likeness (QED) is 0.849. The van der Waals surface area contributed by atoms with Gasteiger partial charge in [0.2, 0.25) is 0 Å². The number of rotatable bonds is 5. The van der Waals surface area contributed by atoms with Crippen LogP contribution in [0, 0.1) is 0 Å². The number of thiophene rings is 1. The highest BCUT2D eigenvalue weighted by molar-refractivity contribution is 7.11. The predicted octanol–water partition coefficient (Wildman–Crippen LogP) is 3.01. The monoisotopic (exact) mass is 294 g/mol. The van der Waals surface area contributed by atoms with Crippen LogP contribution in [0.25, 0.3) is 5.57 Å². The SMILES string of the molecule is C=C(CC(O)(C(=O)OCC)C(F)(F)F)c1cccs1. The molecule has 106 valence electrons. The molecule has 1 unspecified atom stereocenters. The van der Waals surface area contributed by atoms with E-state index >= 15 is 0 Å². The largest absolute Gasteiger partial charge is 0.464 e. The average Bonchev–Trinajstić information content (AvgIpc) is 2.80. The molecule has 1 aromatic heterocycles. The second-order valence-corrected chi connectivity index (χ2v) is 4.78. The Balaban J connectivity index is 2.99. The summed E-state index contributed by atoms with van der Waals surface area (Å²) in [6.45, 7) is 4.60. The first-order valence-corrected chi connectivity index (χ1v) is 6.28. The highest BCUT2D eigenvalue weighted by Crippen LogP contribution is 2.39. The van der Waals surface area contributed by atoms with Crippen molar-refractivity contribution in [3.63, 3.8) is 0 Å². The lowest BCUT2D eigenvalue weighted by molar-refractivity contribution is -0.260. The minimum Gasteiger partial charge on any atom is -0.464 e. The Morgan fingerprint density at radius 2 is 2.16 bits per heavy atom. The second kappa shape index (κ2) is 5.75. The van der Waals surface area contributed by atoms with E-state index in [4.69, 9.17) is 0 Å². The van der Waals surface area contributed by atoms with Gasteiger partial charge < -0.3 is 9.84 Å². The molecule has 3 nitrogen and oxygen atoms in total. The van der Waals surface area contributed by atoms with E-state index in [0.717, 1.165) is 0 Å². The molecule has 0 radical (unpaired) electrons. The maximum atomic E-state index is 12.9. The summed E-state index contributed by atoms with van der Waals surface area (Å²) in [7, 11) is 0. The van der Waals surface area contributed by atoms with Gasteiger partial charge >= 0.3 is 12.1 Å². The number of esters is 1. The Kier molecular flexibility index (Phi) is 4.75. The fraction of sp³-hybridized carbons (Fsp3) is 0.417. The van der Waals surface area contributed by atoms with Gasteiger partial charge in [0.15, 0.2) is 0 Å². The van der Waals surface area contributed by atoms with Crippen molar-refractivity contribution in [2.24, 2.45) is 0 Å². The molecule has 0 fully saturated rings. The van der Waals surface area contributed by atoms with Crippen LogP contribution in [0.2, 0.25) is 0 Å². The summed E-state index contributed by atoms with van der Waals surface area (Å²) in [5.74, 6) is -1.71. The van der Waals surface area contributed by atoms with E-state index in [1.165, 1.54) is 18.3 Å². The number of hydrogen-bond acceptors (Lipinski definition) is 4. The van der Waals surface area contributed by atoms with Gasteiger partial charge in [-0.15, -0.1) is 11.3 Å². The Morgan fingerprint density at radius 1 is 1.53 bits per heavy atom. The predicted molar refractivity (Wildman–Crippen MR) is 65.6 cm³/mol. The molecular weight excluding hydrogens is 281 g/mol. The van der Waals surface area contributed by atoms with E-state index in [0.29, 0.717) is 4.88 Å². The highest BCUT2D eigenvalue weighted by atomic mass is 32.1. The minimum atomic E-state index is -5.13. The molecule has 1 heterocycles. The second-order valence-electron chi connectivity index (χ2n) is 3.84. The van der Waals surface area contributed by atoms with E-state index in [1.54, 1.807) is 17.5 Å². The summed E-state index contributed by atoms with van der Waals surface area (Å²) < 4.78 is 43.0. The van der Waals surface area contributed by atoms with Gasteiger partial charge in [-0.2, -0.15) is 13.2 Å². The van der Waals surface area contributed by atoms with Crippen molar-refractivity contribution >= 4 is 22.9 Å². The Morgan fingerprint density at radius 3 is 2.58 bits per heavy atom. The molecule has 0 spiro atoms. The van der Waals surface area contributed by atoms with E-state index in [9.17, 15) is 23.1 Å². The van der Waals surface area contributed by atoms with Gasteiger partial charge in [0.1, 0.15) is 0 Å². The number of alkyl halides is 3. The van der Waals surface area contributed by atoms with Crippen LogP contribution in [0.3, 0.4) is 0 Å². The molecule has 7 heteroatoms. The van der Waals surface area contributed by atoms with Crippen molar-refractivity contribution in [1.29, 1.82) is 0 Å². The number of hydrogen-bond donors (Lipinski definition) is 1. The first-order chi connectivity index (χ1) is 8.72. The lowest BCUT2D eigenvalue weighted by Gasteiger charge is -2.28. The molecule has 1 aromatic rings. The van der Waals surface area contributed by atoms with Crippen LogP contribution in [0.4, 0.5) is 13.2 Å². The van der Waals surface area contributed by atoms with Crippen molar-refractivity contribution in [1.82, 2.24) is 0 Å². The maximum Gasteiger partial charge on any atom is 0.428 e. The Hall–Kier alpha value is -1.34. The third-order valence-corrected chi connectivity index (χ3v) is 3.39. The molecular formula is C12H13F3O3S. The van der Waals surface area contributed by atoms with E-state index < -0.39 is 24.2 Å². The first-order valence-electron chi connectivity index (χ1n) is 5.40. The number of carbonyl (C=O) groups excluding carboxylic acids is 1. The van der Waals surface area contributed by atoms with Crippen LogP contribution in [-0.2, 0) is 9.53 Å². The molecule has 1 N–H and O–H groups in total. The summed E-state index contributed by atoms with van der Waals surface area (Å²) in [5, 5.41) is 11.3. The van der Waals surface area contributed by atoms with Gasteiger partial charge in [0, 0.05) is 11.3 Å². The lowest BCUT2D eigenvalue weighted by Crippen LogP contribution is -2.53. The maximum absolute atomic E-state index is 12.9. The topological polar surface area (TPSA) is 46.5 Å². The fourth-order valence-corrected chi connectivity index (χ4v) is 2.11. The fourth-order valence-electron chi connectivity index (χ4n) is 1.41. The molecule has 0 bridgehead atoms. The Bertz CT molecular complexity index is 453. The zero-order chi connectivity index (χ0) is 14.7. The van der Waals surface area contributed by atoms with Gasteiger partial charge in [0.05, 0.1) is 6.61 Å². The average molecular weight is 294 g/mol. The summed E-state index contributed by atoms with van der Waals surface area (Å²) >= 11 is 1.18. The summed E-state index contributed by atoms with van der Waals surface area (Å²) in [6, 6.07) is 3.21. The first kappa shape index (κ1) is 15.7. The van der Waals surface area contributed by atoms with Gasteiger partial charge in [0.25, 0.3) is 5.60 Å². The molecule has 0 amide bonds. The minimum absolute atomic E-state index is 0.0304. The number of carbonyl (C=O) groups is 1. The molecule has 0 aliphatic rings. The van der Waals surface area contributed by atoms with Crippen molar-refractivity contribution in [2.75, 3.05) is 6.61 Å².